The zero-order valence-electron chi connectivity index (χ0n) is 13.9. The Morgan fingerprint density at radius 2 is 1.12 bits per heavy atom. The van der Waals surface area contributed by atoms with Crippen LogP contribution in [0.15, 0.2) is 99.9 Å². The molecule has 0 aliphatic rings. The Labute approximate surface area is 160 Å². The number of furan rings is 1. The molecule has 5 aromatic rings. The fraction of sp³-hybridized carbons (Fsp3) is 0. The second-order valence-corrected chi connectivity index (χ2v) is 7.20. The normalized spacial score (nSPS) is 11.3. The first-order chi connectivity index (χ1) is 12.8. The van der Waals surface area contributed by atoms with E-state index in [0.717, 1.165) is 37.5 Å². The van der Waals surface area contributed by atoms with E-state index in [-0.39, 0.29) is 0 Å². The van der Waals surface area contributed by atoms with Crippen molar-refractivity contribution in [2.24, 2.45) is 0 Å². The van der Waals surface area contributed by atoms with Crippen molar-refractivity contribution in [1.29, 1.82) is 0 Å². The van der Waals surface area contributed by atoms with Crippen LogP contribution in [0.3, 0.4) is 0 Å². The summed E-state index contributed by atoms with van der Waals surface area (Å²) in [5, 5.41) is 2.28. The zero-order chi connectivity index (χ0) is 17.5. The van der Waals surface area contributed by atoms with Gasteiger partial charge in [0.15, 0.2) is 0 Å². The highest BCUT2D eigenvalue weighted by molar-refractivity contribution is 9.10. The molecule has 0 radical (unpaired) electrons. The SMILES string of the molecule is Brc1cccc2c1oc1c(-c3ccc(-c4ccccc4)cc3)cccc12. The molecule has 1 heterocycles. The summed E-state index contributed by atoms with van der Waals surface area (Å²) in [7, 11) is 0. The maximum atomic E-state index is 6.24. The molecule has 0 saturated carbocycles. The third-order valence-electron chi connectivity index (χ3n) is 4.78. The first-order valence-electron chi connectivity index (χ1n) is 8.57. The van der Waals surface area contributed by atoms with E-state index in [1.807, 2.05) is 18.2 Å². The first-order valence-corrected chi connectivity index (χ1v) is 9.36. The van der Waals surface area contributed by atoms with Crippen LogP contribution >= 0.6 is 15.9 Å². The van der Waals surface area contributed by atoms with Crippen LogP contribution in [-0.2, 0) is 0 Å². The van der Waals surface area contributed by atoms with Gasteiger partial charge in [0.1, 0.15) is 11.2 Å². The molecule has 5 rings (SSSR count). The topological polar surface area (TPSA) is 13.1 Å². The smallest absolute Gasteiger partial charge is 0.149 e. The number of benzene rings is 4. The van der Waals surface area contributed by atoms with E-state index in [9.17, 15) is 0 Å². The van der Waals surface area contributed by atoms with Crippen LogP contribution in [0.4, 0.5) is 0 Å². The number of para-hydroxylation sites is 2. The average molecular weight is 399 g/mol. The zero-order valence-corrected chi connectivity index (χ0v) is 15.5. The molecule has 1 nitrogen and oxygen atoms in total. The quantitative estimate of drug-likeness (QED) is 0.297. The van der Waals surface area contributed by atoms with Crippen molar-refractivity contribution < 1.29 is 4.42 Å². The lowest BCUT2D eigenvalue weighted by Gasteiger charge is -2.05. The van der Waals surface area contributed by atoms with Gasteiger partial charge < -0.3 is 4.42 Å². The summed E-state index contributed by atoms with van der Waals surface area (Å²) in [6.45, 7) is 0. The summed E-state index contributed by atoms with van der Waals surface area (Å²) >= 11 is 3.60. The van der Waals surface area contributed by atoms with E-state index in [1.165, 1.54) is 11.1 Å². The van der Waals surface area contributed by atoms with E-state index in [4.69, 9.17) is 4.42 Å². The van der Waals surface area contributed by atoms with Crippen LogP contribution in [0.25, 0.3) is 44.2 Å². The molecule has 0 N–H and O–H groups in total. The number of hydrogen-bond donors (Lipinski definition) is 0. The van der Waals surface area contributed by atoms with Gasteiger partial charge in [-0.25, -0.2) is 0 Å². The molecule has 0 spiro atoms. The molecule has 4 aromatic carbocycles. The molecule has 2 heteroatoms. The minimum absolute atomic E-state index is 0.899. The summed E-state index contributed by atoms with van der Waals surface area (Å²) in [6, 6.07) is 31.6. The molecule has 26 heavy (non-hydrogen) atoms. The van der Waals surface area contributed by atoms with Gasteiger partial charge in [0.25, 0.3) is 0 Å². The molecule has 124 valence electrons. The predicted octanol–water partition coefficient (Wildman–Crippen LogP) is 7.68. The van der Waals surface area contributed by atoms with E-state index in [1.54, 1.807) is 0 Å². The van der Waals surface area contributed by atoms with Gasteiger partial charge in [-0.3, -0.25) is 0 Å². The van der Waals surface area contributed by atoms with E-state index >= 15 is 0 Å². The van der Waals surface area contributed by atoms with Crippen molar-refractivity contribution in [2.45, 2.75) is 0 Å². The highest BCUT2D eigenvalue weighted by Crippen LogP contribution is 2.38. The third kappa shape index (κ3) is 2.46. The maximum Gasteiger partial charge on any atom is 0.149 e. The summed E-state index contributed by atoms with van der Waals surface area (Å²) in [6.07, 6.45) is 0. The Morgan fingerprint density at radius 3 is 1.88 bits per heavy atom. The van der Waals surface area contributed by atoms with Gasteiger partial charge in [0.2, 0.25) is 0 Å². The highest BCUT2D eigenvalue weighted by Gasteiger charge is 2.13. The van der Waals surface area contributed by atoms with Crippen LogP contribution in [0.2, 0.25) is 0 Å². The Bertz CT molecular complexity index is 1220. The Kier molecular flexibility index (Phi) is 3.65. The minimum atomic E-state index is 0.899. The summed E-state index contributed by atoms with van der Waals surface area (Å²) in [5.74, 6) is 0. The lowest BCUT2D eigenvalue weighted by atomic mass is 9.99. The second kappa shape index (κ2) is 6.15. The van der Waals surface area contributed by atoms with Crippen LogP contribution in [0.5, 0.6) is 0 Å². The summed E-state index contributed by atoms with van der Waals surface area (Å²) < 4.78 is 7.22. The first kappa shape index (κ1) is 15.4. The molecule has 0 saturated heterocycles. The van der Waals surface area contributed by atoms with E-state index in [2.05, 4.69) is 88.7 Å². The third-order valence-corrected chi connectivity index (χ3v) is 5.40. The lowest BCUT2D eigenvalue weighted by molar-refractivity contribution is 0.668. The fourth-order valence-electron chi connectivity index (χ4n) is 3.49. The largest absolute Gasteiger partial charge is 0.454 e. The molecule has 0 unspecified atom stereocenters. The maximum absolute atomic E-state index is 6.24. The van der Waals surface area contributed by atoms with Gasteiger partial charge in [-0.1, -0.05) is 84.9 Å². The van der Waals surface area contributed by atoms with Crippen molar-refractivity contribution in [3.05, 3.63) is 95.5 Å². The molecular weight excluding hydrogens is 384 g/mol. The van der Waals surface area contributed by atoms with Crippen molar-refractivity contribution >= 4 is 37.9 Å². The molecule has 0 bridgehead atoms. The molecule has 0 fully saturated rings. The highest BCUT2D eigenvalue weighted by atomic mass is 79.9. The van der Waals surface area contributed by atoms with Gasteiger partial charge in [-0.05, 0) is 38.7 Å². The number of rotatable bonds is 2. The molecule has 0 aliphatic carbocycles. The number of hydrogen-bond acceptors (Lipinski definition) is 1. The second-order valence-electron chi connectivity index (χ2n) is 6.34. The number of fused-ring (bicyclic) bond motifs is 3. The van der Waals surface area contributed by atoms with Crippen LogP contribution in [0, 0.1) is 0 Å². The van der Waals surface area contributed by atoms with Gasteiger partial charge >= 0.3 is 0 Å². The van der Waals surface area contributed by atoms with Crippen LogP contribution in [-0.4, -0.2) is 0 Å². The molecule has 0 aliphatic heterocycles. The predicted molar refractivity (Wildman–Crippen MR) is 112 cm³/mol. The lowest BCUT2D eigenvalue weighted by Crippen LogP contribution is -1.81. The van der Waals surface area contributed by atoms with Gasteiger partial charge in [0, 0.05) is 16.3 Å². The average Bonchev–Trinajstić information content (AvgIpc) is 3.09. The minimum Gasteiger partial charge on any atom is -0.454 e. The summed E-state index contributed by atoms with van der Waals surface area (Å²) in [4.78, 5) is 0. The fourth-order valence-corrected chi connectivity index (χ4v) is 3.93. The van der Waals surface area contributed by atoms with Gasteiger partial charge in [-0.2, -0.15) is 0 Å². The monoisotopic (exact) mass is 398 g/mol. The van der Waals surface area contributed by atoms with E-state index in [0.29, 0.717) is 0 Å². The Hall–Kier alpha value is -2.84. The summed E-state index contributed by atoms with van der Waals surface area (Å²) in [5.41, 5.74) is 6.55. The van der Waals surface area contributed by atoms with Crippen molar-refractivity contribution in [1.82, 2.24) is 0 Å². The Balaban J connectivity index is 1.67. The number of halogens is 1. The Morgan fingerprint density at radius 1 is 0.500 bits per heavy atom. The van der Waals surface area contributed by atoms with Crippen molar-refractivity contribution in [3.63, 3.8) is 0 Å². The molecule has 0 atom stereocenters. The molecular formula is C24H15BrO. The van der Waals surface area contributed by atoms with Crippen molar-refractivity contribution in [2.75, 3.05) is 0 Å². The molecule has 1 aromatic heterocycles. The van der Waals surface area contributed by atoms with Gasteiger partial charge in [0.05, 0.1) is 4.47 Å². The van der Waals surface area contributed by atoms with E-state index < -0.39 is 0 Å². The molecule has 0 amide bonds. The van der Waals surface area contributed by atoms with Gasteiger partial charge in [-0.15, -0.1) is 0 Å². The van der Waals surface area contributed by atoms with Crippen LogP contribution in [0.1, 0.15) is 0 Å². The standard InChI is InChI=1S/C24H15BrO/c25-22-11-5-10-21-20-9-4-8-19(23(20)26-24(21)22)18-14-12-17(13-15-18)16-6-2-1-3-7-16/h1-15H. The van der Waals surface area contributed by atoms with Crippen molar-refractivity contribution in [3.8, 4) is 22.3 Å². The van der Waals surface area contributed by atoms with Crippen LogP contribution < -0.4 is 0 Å².